The Morgan fingerprint density at radius 1 is 1.16 bits per heavy atom. The van der Waals surface area contributed by atoms with Gasteiger partial charge in [0.25, 0.3) is 11.5 Å². The Labute approximate surface area is 142 Å². The third-order valence-electron chi connectivity index (χ3n) is 4.50. The molecule has 4 rings (SSSR count). The number of H-pyrrole nitrogens is 2. The summed E-state index contributed by atoms with van der Waals surface area (Å²) >= 11 is 0. The van der Waals surface area contributed by atoms with Crippen molar-refractivity contribution in [3.63, 3.8) is 0 Å². The van der Waals surface area contributed by atoms with Crippen LogP contribution in [0.15, 0.2) is 46.0 Å². The van der Waals surface area contributed by atoms with Gasteiger partial charge in [0.05, 0.1) is 11.3 Å². The molecule has 7 nitrogen and oxygen atoms in total. The van der Waals surface area contributed by atoms with Crippen LogP contribution in [0.2, 0.25) is 0 Å². The first kappa shape index (κ1) is 15.3. The monoisotopic (exact) mass is 336 g/mol. The average molecular weight is 336 g/mol. The summed E-state index contributed by atoms with van der Waals surface area (Å²) in [4.78, 5) is 38.7. The van der Waals surface area contributed by atoms with E-state index in [0.29, 0.717) is 29.3 Å². The van der Waals surface area contributed by atoms with E-state index in [-0.39, 0.29) is 23.1 Å². The molecule has 0 fully saturated rings. The average Bonchev–Trinajstić information content (AvgIpc) is 2.60. The number of pyridine rings is 1. The van der Waals surface area contributed by atoms with Crippen LogP contribution in [-0.4, -0.2) is 27.1 Å². The molecule has 0 aliphatic heterocycles. The van der Waals surface area contributed by atoms with Gasteiger partial charge in [-0.1, -0.05) is 18.2 Å². The Morgan fingerprint density at radius 3 is 2.88 bits per heavy atom. The number of fused-ring (bicyclic) bond motifs is 2. The smallest absolute Gasteiger partial charge is 0.264 e. The highest BCUT2D eigenvalue weighted by Crippen LogP contribution is 2.19. The van der Waals surface area contributed by atoms with E-state index in [4.69, 9.17) is 0 Å². The standard InChI is InChI=1S/C18H16N4O3/c23-16-9-13(12-3-1-2-4-15(12)20-16)18(25)19-11-5-6-14-10(7-11)8-17(24)22-21-14/h1-4,8-9,11H,5-7H2,(H,19,25)(H,20,23)(H,22,24). The second-order valence-electron chi connectivity index (χ2n) is 6.21. The highest BCUT2D eigenvalue weighted by atomic mass is 16.2. The molecule has 0 spiro atoms. The van der Waals surface area contributed by atoms with Crippen molar-refractivity contribution >= 4 is 16.8 Å². The Hall–Kier alpha value is -3.22. The summed E-state index contributed by atoms with van der Waals surface area (Å²) in [5.41, 5.74) is 2.15. The third-order valence-corrected chi connectivity index (χ3v) is 4.50. The van der Waals surface area contributed by atoms with Crippen molar-refractivity contribution in [3.05, 3.63) is 73.9 Å². The topological polar surface area (TPSA) is 108 Å². The zero-order chi connectivity index (χ0) is 17.4. The minimum absolute atomic E-state index is 0.0957. The lowest BCUT2D eigenvalue weighted by Gasteiger charge is -2.24. The number of para-hydroxylation sites is 1. The maximum absolute atomic E-state index is 12.7. The molecule has 126 valence electrons. The largest absolute Gasteiger partial charge is 0.349 e. The summed E-state index contributed by atoms with van der Waals surface area (Å²) in [6.45, 7) is 0. The quantitative estimate of drug-likeness (QED) is 0.646. The molecular formula is C18H16N4O3. The molecule has 1 atom stereocenters. The first-order valence-corrected chi connectivity index (χ1v) is 8.10. The van der Waals surface area contributed by atoms with E-state index in [1.54, 1.807) is 12.1 Å². The van der Waals surface area contributed by atoms with Crippen molar-refractivity contribution in [2.75, 3.05) is 0 Å². The summed E-state index contributed by atoms with van der Waals surface area (Å²) in [6.07, 6.45) is 1.98. The van der Waals surface area contributed by atoms with E-state index in [9.17, 15) is 14.4 Å². The van der Waals surface area contributed by atoms with Gasteiger partial charge in [-0.2, -0.15) is 5.10 Å². The van der Waals surface area contributed by atoms with Crippen molar-refractivity contribution in [1.29, 1.82) is 0 Å². The van der Waals surface area contributed by atoms with Crippen LogP contribution < -0.4 is 16.4 Å². The summed E-state index contributed by atoms with van der Waals surface area (Å²) in [6, 6.07) is 9.96. The fourth-order valence-electron chi connectivity index (χ4n) is 3.32. The molecule has 1 aliphatic carbocycles. The molecule has 1 aliphatic rings. The first-order valence-electron chi connectivity index (χ1n) is 8.10. The zero-order valence-corrected chi connectivity index (χ0v) is 13.3. The van der Waals surface area contributed by atoms with E-state index < -0.39 is 0 Å². The Bertz CT molecular complexity index is 1080. The molecule has 7 heteroatoms. The Balaban J connectivity index is 1.61. The van der Waals surface area contributed by atoms with Gasteiger partial charge < -0.3 is 10.3 Å². The molecule has 1 unspecified atom stereocenters. The van der Waals surface area contributed by atoms with Gasteiger partial charge in [0.15, 0.2) is 0 Å². The van der Waals surface area contributed by atoms with E-state index in [2.05, 4.69) is 20.5 Å². The minimum Gasteiger partial charge on any atom is -0.349 e. The van der Waals surface area contributed by atoms with Gasteiger partial charge in [-0.05, 0) is 30.9 Å². The van der Waals surface area contributed by atoms with Crippen molar-refractivity contribution in [2.45, 2.75) is 25.3 Å². The number of carbonyl (C=O) groups excluding carboxylic acids is 1. The minimum atomic E-state index is -0.312. The fourth-order valence-corrected chi connectivity index (χ4v) is 3.32. The van der Waals surface area contributed by atoms with Crippen LogP contribution in [0.5, 0.6) is 0 Å². The molecule has 0 saturated carbocycles. The lowest BCUT2D eigenvalue weighted by atomic mass is 9.92. The first-order chi connectivity index (χ1) is 12.1. The number of aromatic nitrogens is 3. The highest BCUT2D eigenvalue weighted by Gasteiger charge is 2.23. The fraction of sp³-hybridized carbons (Fsp3) is 0.222. The lowest BCUT2D eigenvalue weighted by Crippen LogP contribution is -2.40. The van der Waals surface area contributed by atoms with Crippen LogP contribution in [0.4, 0.5) is 0 Å². The van der Waals surface area contributed by atoms with Crippen molar-refractivity contribution in [2.24, 2.45) is 0 Å². The van der Waals surface area contributed by atoms with Gasteiger partial charge in [0.1, 0.15) is 0 Å². The normalized spacial score (nSPS) is 16.4. The molecule has 3 aromatic rings. The number of hydrogen-bond donors (Lipinski definition) is 3. The number of nitrogens with zero attached hydrogens (tertiary/aromatic N) is 1. The SMILES string of the molecule is O=C(NC1CCc2n[nH]c(=O)cc2C1)c1cc(=O)[nH]c2ccccc12. The molecule has 0 radical (unpaired) electrons. The number of amides is 1. The van der Waals surface area contributed by atoms with Gasteiger partial charge in [0, 0.05) is 29.1 Å². The summed E-state index contributed by atoms with van der Waals surface area (Å²) < 4.78 is 0. The summed E-state index contributed by atoms with van der Waals surface area (Å²) in [7, 11) is 0. The number of aromatic amines is 2. The number of hydrogen-bond acceptors (Lipinski definition) is 4. The van der Waals surface area contributed by atoms with Gasteiger partial charge in [0.2, 0.25) is 5.56 Å². The molecule has 2 heterocycles. The molecule has 0 bridgehead atoms. The summed E-state index contributed by atoms with van der Waals surface area (Å²) in [5.74, 6) is -0.284. The lowest BCUT2D eigenvalue weighted by molar-refractivity contribution is 0.0935. The molecule has 1 amide bonds. The second-order valence-corrected chi connectivity index (χ2v) is 6.21. The molecular weight excluding hydrogens is 320 g/mol. The van der Waals surface area contributed by atoms with Gasteiger partial charge in [-0.3, -0.25) is 14.4 Å². The third kappa shape index (κ3) is 2.96. The van der Waals surface area contributed by atoms with Gasteiger partial charge in [-0.15, -0.1) is 0 Å². The van der Waals surface area contributed by atoms with Crippen molar-refractivity contribution < 1.29 is 4.79 Å². The molecule has 0 saturated heterocycles. The van der Waals surface area contributed by atoms with Crippen LogP contribution in [0, 0.1) is 0 Å². The number of carbonyl (C=O) groups is 1. The maximum Gasteiger partial charge on any atom is 0.264 e. The summed E-state index contributed by atoms with van der Waals surface area (Å²) in [5, 5.41) is 10.2. The maximum atomic E-state index is 12.7. The number of rotatable bonds is 2. The zero-order valence-electron chi connectivity index (χ0n) is 13.3. The number of aryl methyl sites for hydroxylation is 1. The van der Waals surface area contributed by atoms with Gasteiger partial charge >= 0.3 is 0 Å². The van der Waals surface area contributed by atoms with Crippen molar-refractivity contribution in [1.82, 2.24) is 20.5 Å². The van der Waals surface area contributed by atoms with E-state index in [1.165, 1.54) is 12.1 Å². The van der Waals surface area contributed by atoms with Crippen molar-refractivity contribution in [3.8, 4) is 0 Å². The number of nitrogens with one attached hydrogen (secondary N) is 3. The molecule has 3 N–H and O–H groups in total. The van der Waals surface area contributed by atoms with Crippen LogP contribution in [0.25, 0.3) is 10.9 Å². The Kier molecular flexibility index (Phi) is 3.68. The van der Waals surface area contributed by atoms with Crippen LogP contribution in [0.3, 0.4) is 0 Å². The number of benzene rings is 1. The Morgan fingerprint density at radius 2 is 2.00 bits per heavy atom. The van der Waals surface area contributed by atoms with Crippen LogP contribution >= 0.6 is 0 Å². The highest BCUT2D eigenvalue weighted by molar-refractivity contribution is 6.06. The van der Waals surface area contributed by atoms with E-state index >= 15 is 0 Å². The molecule has 25 heavy (non-hydrogen) atoms. The van der Waals surface area contributed by atoms with Crippen LogP contribution in [-0.2, 0) is 12.8 Å². The van der Waals surface area contributed by atoms with Crippen LogP contribution in [0.1, 0.15) is 28.0 Å². The molecule has 1 aromatic carbocycles. The van der Waals surface area contributed by atoms with E-state index in [0.717, 1.165) is 17.7 Å². The predicted octanol–water partition coefficient (Wildman–Crippen LogP) is 0.899. The predicted molar refractivity (Wildman–Crippen MR) is 92.7 cm³/mol. The second kappa shape index (κ2) is 6.01. The van der Waals surface area contributed by atoms with Gasteiger partial charge in [-0.25, -0.2) is 5.10 Å². The molecule has 2 aromatic heterocycles. The van der Waals surface area contributed by atoms with E-state index in [1.807, 2.05) is 12.1 Å².